The first-order valence-corrected chi connectivity index (χ1v) is 11.6. The van der Waals surface area contributed by atoms with E-state index < -0.39 is 16.5 Å². The predicted molar refractivity (Wildman–Crippen MR) is 64.7 cm³/mol. The van der Waals surface area contributed by atoms with Crippen molar-refractivity contribution in [2.24, 2.45) is 35.1 Å². The summed E-state index contributed by atoms with van der Waals surface area (Å²) in [5.74, 6) is 3.53. The van der Waals surface area contributed by atoms with Crippen LogP contribution in [0, 0.1) is 23.7 Å². The van der Waals surface area contributed by atoms with Gasteiger partial charge in [-0.15, -0.1) is 0 Å². The van der Waals surface area contributed by atoms with Gasteiger partial charge in [-0.3, -0.25) is 0 Å². The van der Waals surface area contributed by atoms with Crippen LogP contribution in [0.15, 0.2) is 0 Å². The summed E-state index contributed by atoms with van der Waals surface area (Å²) < 4.78 is 0. The molecule has 0 aromatic carbocycles. The molecule has 4 fully saturated rings. The molecule has 0 aliphatic heterocycles. The molecular weight excluding hydrogens is 426 g/mol. The Balaban J connectivity index is 0.000000292. The molecule has 4 saturated carbocycles. The van der Waals surface area contributed by atoms with Crippen molar-refractivity contribution in [3.05, 3.63) is 0 Å². The summed E-state index contributed by atoms with van der Waals surface area (Å²) in [7, 11) is 9.75. The van der Waals surface area contributed by atoms with Crippen LogP contribution < -0.4 is 11.5 Å². The molecule has 0 aromatic heterocycles. The maximum atomic E-state index is 6.47. The topological polar surface area (TPSA) is 52.0 Å². The second-order valence-electron chi connectivity index (χ2n) is 5.67. The summed E-state index contributed by atoms with van der Waals surface area (Å²) in [5, 5.41) is 0. The Morgan fingerprint density at radius 1 is 1.00 bits per heavy atom. The van der Waals surface area contributed by atoms with Crippen LogP contribution in [0.5, 0.6) is 0 Å². The van der Waals surface area contributed by atoms with Gasteiger partial charge in [-0.05, 0) is 55.8 Å². The fourth-order valence-corrected chi connectivity index (χ4v) is 4.40. The molecular formula is C11H20Cl2N2Pt. The Bertz CT molecular complexity index is 222. The van der Waals surface area contributed by atoms with E-state index in [0.29, 0.717) is 6.54 Å². The van der Waals surface area contributed by atoms with Crippen molar-refractivity contribution in [3.63, 3.8) is 0 Å². The molecule has 4 rings (SSSR count). The van der Waals surface area contributed by atoms with E-state index in [-0.39, 0.29) is 5.54 Å². The molecule has 0 atom stereocenters. The van der Waals surface area contributed by atoms with Crippen LogP contribution in [0.1, 0.15) is 32.1 Å². The van der Waals surface area contributed by atoms with Crippen LogP contribution in [-0.2, 0) is 16.5 Å². The van der Waals surface area contributed by atoms with E-state index in [1.807, 2.05) is 0 Å². The Hall–Kier alpha value is 1.19. The molecule has 16 heavy (non-hydrogen) atoms. The van der Waals surface area contributed by atoms with E-state index >= 15 is 0 Å². The second kappa shape index (κ2) is 5.45. The minimum absolute atomic E-state index is 0.0213. The first kappa shape index (κ1) is 13.6. The summed E-state index contributed by atoms with van der Waals surface area (Å²) in [4.78, 5) is 0. The van der Waals surface area contributed by atoms with E-state index in [1.54, 1.807) is 0 Å². The van der Waals surface area contributed by atoms with Gasteiger partial charge < -0.3 is 11.5 Å². The molecule has 0 unspecified atom stereocenters. The molecule has 4 aliphatic rings. The first-order chi connectivity index (χ1) is 7.63. The summed E-state index contributed by atoms with van der Waals surface area (Å²) in [5.41, 5.74) is 12.3. The summed E-state index contributed by atoms with van der Waals surface area (Å²) in [6, 6.07) is 0. The summed E-state index contributed by atoms with van der Waals surface area (Å²) in [6.07, 6.45) is 7.00. The third kappa shape index (κ3) is 2.33. The van der Waals surface area contributed by atoms with Crippen molar-refractivity contribution in [3.8, 4) is 0 Å². The molecule has 0 saturated heterocycles. The third-order valence-electron chi connectivity index (χ3n) is 5.01. The van der Waals surface area contributed by atoms with Gasteiger partial charge in [0.1, 0.15) is 0 Å². The van der Waals surface area contributed by atoms with E-state index in [0.717, 1.165) is 23.7 Å². The molecule has 4 N–H and O–H groups in total. The summed E-state index contributed by atoms with van der Waals surface area (Å²) >= 11 is -0.472. The van der Waals surface area contributed by atoms with Gasteiger partial charge in [0.2, 0.25) is 0 Å². The van der Waals surface area contributed by atoms with Gasteiger partial charge >= 0.3 is 35.3 Å². The Labute approximate surface area is 114 Å². The first-order valence-electron chi connectivity index (χ1n) is 5.95. The van der Waals surface area contributed by atoms with Crippen LogP contribution in [-0.4, -0.2) is 12.1 Å². The Morgan fingerprint density at radius 3 is 1.69 bits per heavy atom. The molecule has 2 nitrogen and oxygen atoms in total. The number of nitrogens with two attached hydrogens (primary N) is 2. The van der Waals surface area contributed by atoms with Gasteiger partial charge in [-0.1, -0.05) is 0 Å². The molecule has 98 valence electrons. The van der Waals surface area contributed by atoms with Crippen LogP contribution in [0.3, 0.4) is 0 Å². The molecule has 5 heteroatoms. The molecule has 0 amide bonds. The SMILES string of the molecule is NCC1(N)C2CC3CC(C2)CC1C3.[Cl][Pt][Cl]. The normalized spacial score (nSPS) is 49.0. The maximum absolute atomic E-state index is 6.47. The molecule has 0 aromatic rings. The predicted octanol–water partition coefficient (Wildman–Crippen LogP) is 2.48. The van der Waals surface area contributed by atoms with Crippen molar-refractivity contribution < 1.29 is 16.5 Å². The number of hydrogen-bond donors (Lipinski definition) is 2. The number of hydrogen-bond acceptors (Lipinski definition) is 2. The van der Waals surface area contributed by atoms with E-state index in [9.17, 15) is 0 Å². The standard InChI is InChI=1S/C11H20N2.2ClH.Pt/c12-6-11(13)9-2-7-1-8(4-9)5-10(11)3-7;;;/h7-10H,1-6,12-13H2;2*1H;/q;;;+2/p-2. The average Bonchev–Trinajstić information content (AvgIpc) is 2.26. The molecule has 4 bridgehead atoms. The van der Waals surface area contributed by atoms with Crippen LogP contribution in [0.4, 0.5) is 0 Å². The van der Waals surface area contributed by atoms with Gasteiger partial charge in [-0.25, -0.2) is 0 Å². The minimum atomic E-state index is -0.472. The zero-order valence-corrected chi connectivity index (χ0v) is 13.1. The zero-order valence-electron chi connectivity index (χ0n) is 9.28. The van der Waals surface area contributed by atoms with E-state index in [1.165, 1.54) is 32.1 Å². The Kier molecular flexibility index (Phi) is 4.63. The number of rotatable bonds is 1. The van der Waals surface area contributed by atoms with Gasteiger partial charge in [0, 0.05) is 12.1 Å². The van der Waals surface area contributed by atoms with Crippen molar-refractivity contribution >= 4 is 18.8 Å². The van der Waals surface area contributed by atoms with Crippen molar-refractivity contribution in [1.29, 1.82) is 0 Å². The van der Waals surface area contributed by atoms with Crippen molar-refractivity contribution in [1.82, 2.24) is 0 Å². The number of halogens is 2. The van der Waals surface area contributed by atoms with Gasteiger partial charge in [0.05, 0.1) is 0 Å². The molecule has 4 aliphatic carbocycles. The molecule has 0 heterocycles. The summed E-state index contributed by atoms with van der Waals surface area (Å²) in [6.45, 7) is 0.710. The van der Waals surface area contributed by atoms with Crippen molar-refractivity contribution in [2.45, 2.75) is 37.6 Å². The van der Waals surface area contributed by atoms with Gasteiger partial charge in [-0.2, -0.15) is 0 Å². The van der Waals surface area contributed by atoms with Crippen molar-refractivity contribution in [2.75, 3.05) is 6.54 Å². The average molecular weight is 446 g/mol. The molecule has 0 spiro atoms. The fraction of sp³-hybridized carbons (Fsp3) is 1.00. The fourth-order valence-electron chi connectivity index (χ4n) is 4.40. The zero-order chi connectivity index (χ0) is 11.8. The Morgan fingerprint density at radius 2 is 1.38 bits per heavy atom. The third-order valence-corrected chi connectivity index (χ3v) is 5.01. The van der Waals surface area contributed by atoms with Crippen LogP contribution in [0.2, 0.25) is 0 Å². The molecule has 0 radical (unpaired) electrons. The van der Waals surface area contributed by atoms with Crippen LogP contribution in [0.25, 0.3) is 0 Å². The van der Waals surface area contributed by atoms with Gasteiger partial charge in [0.25, 0.3) is 0 Å². The van der Waals surface area contributed by atoms with E-state index in [4.69, 9.17) is 30.3 Å². The van der Waals surface area contributed by atoms with Crippen LogP contribution >= 0.6 is 18.8 Å². The second-order valence-corrected chi connectivity index (χ2v) is 8.95. The quantitative estimate of drug-likeness (QED) is 0.651. The van der Waals surface area contributed by atoms with E-state index in [2.05, 4.69) is 0 Å². The monoisotopic (exact) mass is 445 g/mol. The van der Waals surface area contributed by atoms with Gasteiger partial charge in [0.15, 0.2) is 0 Å².